The minimum atomic E-state index is -4.65. The molecule has 0 saturated carbocycles. The van der Waals surface area contributed by atoms with Crippen LogP contribution in [0.2, 0.25) is 5.02 Å². The number of nitrogens with one attached hydrogen (secondary N) is 2. The zero-order valence-electron chi connectivity index (χ0n) is 12.0. The second-order valence-electron chi connectivity index (χ2n) is 4.58. The van der Waals surface area contributed by atoms with Crippen molar-refractivity contribution in [3.05, 3.63) is 40.5 Å². The Morgan fingerprint density at radius 3 is 2.75 bits per heavy atom. The molecule has 0 aliphatic heterocycles. The molecule has 0 spiro atoms. The molecule has 0 atom stereocenters. The van der Waals surface area contributed by atoms with E-state index in [9.17, 15) is 18.0 Å². The number of nitrogens with zero attached hydrogens (tertiary/aromatic N) is 2. The molecule has 2 rings (SSSR count). The van der Waals surface area contributed by atoms with Crippen LogP contribution in [-0.4, -0.2) is 27.8 Å². The lowest BCUT2D eigenvalue weighted by Crippen LogP contribution is -2.31. The van der Waals surface area contributed by atoms with E-state index in [1.54, 1.807) is 0 Å². The van der Waals surface area contributed by atoms with Gasteiger partial charge in [0, 0.05) is 18.0 Å². The quantitative estimate of drug-likeness (QED) is 0.757. The van der Waals surface area contributed by atoms with Crippen LogP contribution in [0, 0.1) is 0 Å². The molecular weight excluding hydrogens is 353 g/mol. The SMILES string of the molecule is O=C(NCCc1noc(CO)n1)Nc1ccc(Cl)cc1C(F)(F)F. The minimum Gasteiger partial charge on any atom is -0.387 e. The Morgan fingerprint density at radius 2 is 2.12 bits per heavy atom. The van der Waals surface area contributed by atoms with E-state index < -0.39 is 30.1 Å². The van der Waals surface area contributed by atoms with Crippen molar-refractivity contribution in [1.29, 1.82) is 0 Å². The molecule has 7 nitrogen and oxygen atoms in total. The van der Waals surface area contributed by atoms with Gasteiger partial charge in [0.1, 0.15) is 6.61 Å². The van der Waals surface area contributed by atoms with Gasteiger partial charge >= 0.3 is 12.2 Å². The number of aliphatic hydroxyl groups is 1. The number of halogens is 4. The first-order valence-corrected chi connectivity index (χ1v) is 7.01. The maximum atomic E-state index is 12.9. The van der Waals surface area contributed by atoms with E-state index in [0.29, 0.717) is 0 Å². The number of hydrogen-bond acceptors (Lipinski definition) is 5. The van der Waals surface area contributed by atoms with Crippen LogP contribution in [0.3, 0.4) is 0 Å². The summed E-state index contributed by atoms with van der Waals surface area (Å²) in [5.41, 5.74) is -1.46. The first-order chi connectivity index (χ1) is 11.3. The predicted octanol–water partition coefficient (Wildman–Crippen LogP) is 2.60. The van der Waals surface area contributed by atoms with Crippen molar-refractivity contribution in [2.45, 2.75) is 19.2 Å². The molecule has 0 radical (unpaired) electrons. The molecule has 1 aromatic heterocycles. The lowest BCUT2D eigenvalue weighted by molar-refractivity contribution is -0.136. The molecule has 0 saturated heterocycles. The van der Waals surface area contributed by atoms with E-state index in [1.165, 1.54) is 6.07 Å². The zero-order valence-corrected chi connectivity index (χ0v) is 12.8. The minimum absolute atomic E-state index is 0.0328. The highest BCUT2D eigenvalue weighted by atomic mass is 35.5. The van der Waals surface area contributed by atoms with Gasteiger partial charge in [0.25, 0.3) is 5.89 Å². The van der Waals surface area contributed by atoms with Gasteiger partial charge in [-0.2, -0.15) is 18.2 Å². The number of carbonyl (C=O) groups is 1. The second kappa shape index (κ2) is 7.49. The normalized spacial score (nSPS) is 11.4. The Kier molecular flexibility index (Phi) is 5.62. The number of anilines is 1. The van der Waals surface area contributed by atoms with Crippen LogP contribution in [0.25, 0.3) is 0 Å². The summed E-state index contributed by atoms with van der Waals surface area (Å²) in [5, 5.41) is 16.7. The fourth-order valence-electron chi connectivity index (χ4n) is 1.77. The highest BCUT2D eigenvalue weighted by Gasteiger charge is 2.34. The van der Waals surface area contributed by atoms with Crippen molar-refractivity contribution >= 4 is 23.3 Å². The van der Waals surface area contributed by atoms with Crippen molar-refractivity contribution < 1.29 is 27.6 Å². The van der Waals surface area contributed by atoms with E-state index in [1.807, 2.05) is 0 Å². The van der Waals surface area contributed by atoms with Crippen molar-refractivity contribution in [3.8, 4) is 0 Å². The fourth-order valence-corrected chi connectivity index (χ4v) is 1.94. The van der Waals surface area contributed by atoms with Crippen LogP contribution in [0.4, 0.5) is 23.7 Å². The molecule has 1 aromatic carbocycles. The monoisotopic (exact) mass is 364 g/mol. The third kappa shape index (κ3) is 4.83. The molecule has 2 aromatic rings. The molecule has 11 heteroatoms. The summed E-state index contributed by atoms with van der Waals surface area (Å²) >= 11 is 5.56. The molecule has 0 fully saturated rings. The Bertz CT molecular complexity index is 721. The van der Waals surface area contributed by atoms with Gasteiger partial charge in [-0.1, -0.05) is 16.8 Å². The Morgan fingerprint density at radius 1 is 1.38 bits per heavy atom. The molecule has 130 valence electrons. The van der Waals surface area contributed by atoms with Crippen molar-refractivity contribution in [1.82, 2.24) is 15.5 Å². The number of aromatic nitrogens is 2. The van der Waals surface area contributed by atoms with E-state index >= 15 is 0 Å². The van der Waals surface area contributed by atoms with Crippen LogP contribution in [0.15, 0.2) is 22.7 Å². The van der Waals surface area contributed by atoms with Crippen molar-refractivity contribution in [2.75, 3.05) is 11.9 Å². The highest BCUT2D eigenvalue weighted by molar-refractivity contribution is 6.30. The maximum absolute atomic E-state index is 12.9. The highest BCUT2D eigenvalue weighted by Crippen LogP contribution is 2.36. The molecular formula is C13H12ClF3N4O3. The number of aliphatic hydroxyl groups excluding tert-OH is 1. The van der Waals surface area contributed by atoms with Crippen molar-refractivity contribution in [2.24, 2.45) is 0 Å². The molecule has 1 heterocycles. The summed E-state index contributed by atoms with van der Waals surface area (Å²) in [6, 6.07) is 2.21. The van der Waals surface area contributed by atoms with Crippen molar-refractivity contribution in [3.63, 3.8) is 0 Å². The summed E-state index contributed by atoms with van der Waals surface area (Å²) in [6.07, 6.45) is -4.47. The van der Waals surface area contributed by atoms with Gasteiger partial charge in [-0.05, 0) is 18.2 Å². The lowest BCUT2D eigenvalue weighted by atomic mass is 10.1. The lowest BCUT2D eigenvalue weighted by Gasteiger charge is -2.14. The number of benzene rings is 1. The Hall–Kier alpha value is -2.33. The molecule has 0 aliphatic carbocycles. The maximum Gasteiger partial charge on any atom is 0.418 e. The first kappa shape index (κ1) is 18.0. The standard InChI is InChI=1S/C13H12ClF3N4O3/c14-7-1-2-9(8(5-7)13(15,16)17)19-12(23)18-4-3-10-20-11(6-22)24-21-10/h1-2,5,22H,3-4,6H2,(H2,18,19,23). The number of rotatable bonds is 5. The average Bonchev–Trinajstić information content (AvgIpc) is 2.96. The van der Waals surface area contributed by atoms with Gasteiger partial charge in [0.2, 0.25) is 0 Å². The Balaban J connectivity index is 1.92. The van der Waals surface area contributed by atoms with Crippen LogP contribution in [0.1, 0.15) is 17.3 Å². The van der Waals surface area contributed by atoms with Gasteiger partial charge in [-0.15, -0.1) is 0 Å². The average molecular weight is 365 g/mol. The van der Waals surface area contributed by atoms with Gasteiger partial charge in [0.15, 0.2) is 5.82 Å². The third-order valence-corrected chi connectivity index (χ3v) is 3.05. The fraction of sp³-hybridized carbons (Fsp3) is 0.308. The van der Waals surface area contributed by atoms with Gasteiger partial charge in [-0.3, -0.25) is 0 Å². The number of alkyl halides is 3. The summed E-state index contributed by atoms with van der Waals surface area (Å²) in [5.74, 6) is 0.284. The summed E-state index contributed by atoms with van der Waals surface area (Å²) in [6.45, 7) is -0.344. The number of urea groups is 1. The van der Waals surface area contributed by atoms with Crippen LogP contribution in [0.5, 0.6) is 0 Å². The number of hydrogen-bond donors (Lipinski definition) is 3. The van der Waals surface area contributed by atoms with E-state index in [4.69, 9.17) is 16.7 Å². The summed E-state index contributed by atoms with van der Waals surface area (Å²) in [7, 11) is 0. The number of carbonyl (C=O) groups excluding carboxylic acids is 1. The molecule has 0 aliphatic rings. The molecule has 2 amide bonds. The molecule has 0 unspecified atom stereocenters. The smallest absolute Gasteiger partial charge is 0.387 e. The third-order valence-electron chi connectivity index (χ3n) is 2.81. The van der Waals surface area contributed by atoms with E-state index in [-0.39, 0.29) is 29.7 Å². The zero-order chi connectivity index (χ0) is 17.7. The van der Waals surface area contributed by atoms with Crippen LogP contribution < -0.4 is 10.6 Å². The summed E-state index contributed by atoms with van der Waals surface area (Å²) < 4.78 is 43.4. The van der Waals surface area contributed by atoms with E-state index in [0.717, 1.165) is 12.1 Å². The van der Waals surface area contributed by atoms with Gasteiger partial charge in [0.05, 0.1) is 11.3 Å². The van der Waals surface area contributed by atoms with Gasteiger partial charge in [-0.25, -0.2) is 4.79 Å². The largest absolute Gasteiger partial charge is 0.418 e. The molecule has 24 heavy (non-hydrogen) atoms. The van der Waals surface area contributed by atoms with Crippen LogP contribution >= 0.6 is 11.6 Å². The molecule has 0 bridgehead atoms. The first-order valence-electron chi connectivity index (χ1n) is 6.63. The number of amides is 2. The van der Waals surface area contributed by atoms with E-state index in [2.05, 4.69) is 25.3 Å². The van der Waals surface area contributed by atoms with Crippen LogP contribution in [-0.2, 0) is 19.2 Å². The topological polar surface area (TPSA) is 100 Å². The molecule has 3 N–H and O–H groups in total. The van der Waals surface area contributed by atoms with Gasteiger partial charge < -0.3 is 20.3 Å². The predicted molar refractivity (Wildman–Crippen MR) is 77.4 cm³/mol. The Labute approximate surface area is 138 Å². The second-order valence-corrected chi connectivity index (χ2v) is 5.02. The summed E-state index contributed by atoms with van der Waals surface area (Å²) in [4.78, 5) is 15.5.